The SMILES string of the molecule is OCc1cc2oc3c4ccccc4ccc3c2c2ccccc12. The number of hydrogen-bond acceptors (Lipinski definition) is 2. The topological polar surface area (TPSA) is 33.4 Å². The summed E-state index contributed by atoms with van der Waals surface area (Å²) in [6, 6.07) is 22.7. The Hall–Kier alpha value is -2.84. The van der Waals surface area contributed by atoms with Crippen molar-refractivity contribution in [1.29, 1.82) is 0 Å². The second-order valence-electron chi connectivity index (χ2n) is 5.88. The third kappa shape index (κ3) is 1.67. The minimum Gasteiger partial charge on any atom is -0.455 e. The first-order chi connectivity index (χ1) is 11.4. The number of furan rings is 1. The van der Waals surface area contributed by atoms with E-state index >= 15 is 0 Å². The summed E-state index contributed by atoms with van der Waals surface area (Å²) in [5.74, 6) is 0. The summed E-state index contributed by atoms with van der Waals surface area (Å²) in [6.07, 6.45) is 0. The highest BCUT2D eigenvalue weighted by atomic mass is 16.3. The minimum atomic E-state index is 0.00818. The van der Waals surface area contributed by atoms with Gasteiger partial charge in [0.15, 0.2) is 0 Å². The van der Waals surface area contributed by atoms with Crippen molar-refractivity contribution >= 4 is 43.5 Å². The van der Waals surface area contributed by atoms with E-state index in [0.717, 1.165) is 43.7 Å². The van der Waals surface area contributed by atoms with Crippen molar-refractivity contribution in [3.8, 4) is 0 Å². The average molecular weight is 298 g/mol. The molecule has 5 aromatic rings. The molecule has 4 aromatic carbocycles. The van der Waals surface area contributed by atoms with Gasteiger partial charge in [-0.05, 0) is 33.9 Å². The van der Waals surface area contributed by atoms with Crippen LogP contribution in [0.25, 0.3) is 43.5 Å². The van der Waals surface area contributed by atoms with E-state index in [4.69, 9.17) is 4.42 Å². The van der Waals surface area contributed by atoms with E-state index in [1.165, 1.54) is 5.39 Å². The van der Waals surface area contributed by atoms with Gasteiger partial charge in [-0.2, -0.15) is 0 Å². The van der Waals surface area contributed by atoms with Crippen LogP contribution in [0.3, 0.4) is 0 Å². The molecule has 0 aliphatic heterocycles. The van der Waals surface area contributed by atoms with Crippen molar-refractivity contribution in [2.75, 3.05) is 0 Å². The van der Waals surface area contributed by atoms with E-state index < -0.39 is 0 Å². The zero-order valence-electron chi connectivity index (χ0n) is 12.4. The van der Waals surface area contributed by atoms with E-state index in [1.54, 1.807) is 0 Å². The van der Waals surface area contributed by atoms with Gasteiger partial charge in [-0.3, -0.25) is 0 Å². The first kappa shape index (κ1) is 12.7. The molecular formula is C21H14O2. The van der Waals surface area contributed by atoms with Crippen molar-refractivity contribution in [2.24, 2.45) is 0 Å². The predicted molar refractivity (Wildman–Crippen MR) is 94.7 cm³/mol. The van der Waals surface area contributed by atoms with E-state index in [0.29, 0.717) is 0 Å². The fourth-order valence-electron chi connectivity index (χ4n) is 3.57. The Labute approximate surface area is 132 Å². The summed E-state index contributed by atoms with van der Waals surface area (Å²) in [7, 11) is 0. The molecule has 0 fully saturated rings. The molecule has 0 bridgehead atoms. The molecule has 23 heavy (non-hydrogen) atoms. The number of aliphatic hydroxyl groups excluding tert-OH is 1. The second kappa shape index (κ2) is 4.58. The van der Waals surface area contributed by atoms with Gasteiger partial charge in [0.25, 0.3) is 0 Å². The summed E-state index contributed by atoms with van der Waals surface area (Å²) in [5, 5.41) is 16.5. The quantitative estimate of drug-likeness (QED) is 0.450. The molecule has 5 rings (SSSR count). The molecular weight excluding hydrogens is 284 g/mol. The summed E-state index contributed by atoms with van der Waals surface area (Å²) in [5.41, 5.74) is 2.65. The Kier molecular flexibility index (Phi) is 2.52. The average Bonchev–Trinajstić information content (AvgIpc) is 3.00. The van der Waals surface area contributed by atoms with Gasteiger partial charge in [0.1, 0.15) is 11.2 Å². The van der Waals surface area contributed by atoms with Crippen LogP contribution in [0.1, 0.15) is 5.56 Å². The van der Waals surface area contributed by atoms with Crippen LogP contribution in [0.5, 0.6) is 0 Å². The number of hydrogen-bond donors (Lipinski definition) is 1. The molecule has 2 nitrogen and oxygen atoms in total. The Balaban J connectivity index is 2.08. The van der Waals surface area contributed by atoms with Crippen LogP contribution in [0, 0.1) is 0 Å². The first-order valence-electron chi connectivity index (χ1n) is 7.72. The molecule has 0 aliphatic rings. The number of benzene rings is 4. The molecule has 2 heteroatoms. The van der Waals surface area contributed by atoms with Crippen molar-refractivity contribution in [3.05, 3.63) is 72.3 Å². The van der Waals surface area contributed by atoms with Crippen LogP contribution < -0.4 is 0 Å². The molecule has 0 atom stereocenters. The molecule has 1 aromatic heterocycles. The number of rotatable bonds is 1. The number of fused-ring (bicyclic) bond motifs is 7. The van der Waals surface area contributed by atoms with Crippen LogP contribution in [-0.2, 0) is 6.61 Å². The monoisotopic (exact) mass is 298 g/mol. The lowest BCUT2D eigenvalue weighted by molar-refractivity contribution is 0.283. The third-order valence-corrected chi connectivity index (χ3v) is 4.63. The van der Waals surface area contributed by atoms with Crippen molar-refractivity contribution in [2.45, 2.75) is 6.61 Å². The molecule has 1 N–H and O–H groups in total. The molecule has 0 radical (unpaired) electrons. The van der Waals surface area contributed by atoms with Crippen LogP contribution in [0.2, 0.25) is 0 Å². The van der Waals surface area contributed by atoms with Crippen LogP contribution in [0.4, 0.5) is 0 Å². The van der Waals surface area contributed by atoms with E-state index in [1.807, 2.05) is 30.3 Å². The lowest BCUT2D eigenvalue weighted by Crippen LogP contribution is -1.86. The molecule has 0 saturated heterocycles. The largest absolute Gasteiger partial charge is 0.455 e. The molecule has 0 aliphatic carbocycles. The van der Waals surface area contributed by atoms with Crippen LogP contribution >= 0.6 is 0 Å². The standard InChI is InChI=1S/C21H14O2/c22-12-14-11-19-20(17-8-4-3-6-15(14)17)18-10-9-13-5-1-2-7-16(13)21(18)23-19/h1-11,22H,12H2. The summed E-state index contributed by atoms with van der Waals surface area (Å²) < 4.78 is 6.21. The highest BCUT2D eigenvalue weighted by Crippen LogP contribution is 2.39. The maximum absolute atomic E-state index is 9.70. The van der Waals surface area contributed by atoms with Gasteiger partial charge >= 0.3 is 0 Å². The lowest BCUT2D eigenvalue weighted by Gasteiger charge is -2.05. The summed E-state index contributed by atoms with van der Waals surface area (Å²) >= 11 is 0. The van der Waals surface area contributed by atoms with Crippen molar-refractivity contribution in [3.63, 3.8) is 0 Å². The Morgan fingerprint density at radius 2 is 1.48 bits per heavy atom. The number of aliphatic hydroxyl groups is 1. The molecule has 110 valence electrons. The van der Waals surface area contributed by atoms with Gasteiger partial charge in [0.05, 0.1) is 6.61 Å². The second-order valence-corrected chi connectivity index (χ2v) is 5.88. The van der Waals surface area contributed by atoms with Gasteiger partial charge in [-0.15, -0.1) is 0 Å². The fraction of sp³-hybridized carbons (Fsp3) is 0.0476. The Morgan fingerprint density at radius 1 is 0.739 bits per heavy atom. The summed E-state index contributed by atoms with van der Waals surface area (Å²) in [6.45, 7) is 0.00818. The molecule has 0 amide bonds. The van der Waals surface area contributed by atoms with Gasteiger partial charge < -0.3 is 9.52 Å². The maximum Gasteiger partial charge on any atom is 0.143 e. The van der Waals surface area contributed by atoms with E-state index in [9.17, 15) is 5.11 Å². The van der Waals surface area contributed by atoms with E-state index in [-0.39, 0.29) is 6.61 Å². The van der Waals surface area contributed by atoms with Crippen LogP contribution in [-0.4, -0.2) is 5.11 Å². The smallest absolute Gasteiger partial charge is 0.143 e. The van der Waals surface area contributed by atoms with Crippen LogP contribution in [0.15, 0.2) is 71.1 Å². The first-order valence-corrected chi connectivity index (χ1v) is 7.72. The molecule has 0 spiro atoms. The molecule has 0 unspecified atom stereocenters. The lowest BCUT2D eigenvalue weighted by atomic mass is 9.98. The third-order valence-electron chi connectivity index (χ3n) is 4.63. The fourth-order valence-corrected chi connectivity index (χ4v) is 3.57. The van der Waals surface area contributed by atoms with Crippen molar-refractivity contribution in [1.82, 2.24) is 0 Å². The maximum atomic E-state index is 9.70. The predicted octanol–water partition coefficient (Wildman–Crippen LogP) is 5.38. The minimum absolute atomic E-state index is 0.00818. The van der Waals surface area contributed by atoms with Gasteiger partial charge in [-0.1, -0.05) is 54.6 Å². The van der Waals surface area contributed by atoms with Gasteiger partial charge in [-0.25, -0.2) is 0 Å². The molecule has 0 saturated carbocycles. The summed E-state index contributed by atoms with van der Waals surface area (Å²) in [4.78, 5) is 0. The highest BCUT2D eigenvalue weighted by Gasteiger charge is 2.14. The van der Waals surface area contributed by atoms with E-state index in [2.05, 4.69) is 36.4 Å². The van der Waals surface area contributed by atoms with Gasteiger partial charge in [0.2, 0.25) is 0 Å². The Bertz CT molecular complexity index is 1200. The Morgan fingerprint density at radius 3 is 2.30 bits per heavy atom. The molecule has 1 heterocycles. The zero-order valence-corrected chi connectivity index (χ0v) is 12.4. The van der Waals surface area contributed by atoms with Crippen molar-refractivity contribution < 1.29 is 9.52 Å². The normalized spacial score (nSPS) is 11.9. The highest BCUT2D eigenvalue weighted by molar-refractivity contribution is 6.23. The zero-order chi connectivity index (χ0) is 15.4. The van der Waals surface area contributed by atoms with Gasteiger partial charge in [0, 0.05) is 16.2 Å².